The van der Waals surface area contributed by atoms with E-state index in [0.29, 0.717) is 26.3 Å². The number of nitrogens with zero attached hydrogens (tertiary/aromatic N) is 2. The van der Waals surface area contributed by atoms with Crippen LogP contribution in [0, 0.1) is 19.8 Å². The maximum absolute atomic E-state index is 12.4. The maximum atomic E-state index is 12.4. The van der Waals surface area contributed by atoms with Crippen molar-refractivity contribution in [3.63, 3.8) is 0 Å². The van der Waals surface area contributed by atoms with Gasteiger partial charge in [0.15, 0.2) is 0 Å². The van der Waals surface area contributed by atoms with Crippen LogP contribution in [0.25, 0.3) is 0 Å². The van der Waals surface area contributed by atoms with Gasteiger partial charge in [-0.1, -0.05) is 12.1 Å². The Balaban J connectivity index is 1.46. The fraction of sp³-hybridized carbons (Fsp3) is 0.600. The van der Waals surface area contributed by atoms with Crippen molar-refractivity contribution >= 4 is 17.5 Å². The normalized spacial score (nSPS) is 18.7. The van der Waals surface area contributed by atoms with Gasteiger partial charge in [-0.3, -0.25) is 9.59 Å². The molecule has 3 rings (SSSR count). The Labute approximate surface area is 155 Å². The molecule has 0 spiro atoms. The second-order valence-corrected chi connectivity index (χ2v) is 7.19. The Morgan fingerprint density at radius 3 is 2.50 bits per heavy atom. The third-order valence-corrected chi connectivity index (χ3v) is 5.56. The van der Waals surface area contributed by atoms with Crippen LogP contribution in [0.4, 0.5) is 5.69 Å². The molecule has 2 heterocycles. The SMILES string of the molecule is Cc1cccc(N2CCN(C(=O)CNC(=O)C3CCOCC3)CC2)c1C. The van der Waals surface area contributed by atoms with E-state index in [1.165, 1.54) is 16.8 Å². The second kappa shape index (κ2) is 8.54. The number of benzene rings is 1. The minimum Gasteiger partial charge on any atom is -0.381 e. The summed E-state index contributed by atoms with van der Waals surface area (Å²) < 4.78 is 5.27. The Morgan fingerprint density at radius 2 is 1.81 bits per heavy atom. The van der Waals surface area contributed by atoms with Gasteiger partial charge in [-0.05, 0) is 43.9 Å². The minimum absolute atomic E-state index is 0.00558. The molecule has 2 amide bonds. The highest BCUT2D eigenvalue weighted by Gasteiger charge is 2.25. The van der Waals surface area contributed by atoms with Crippen molar-refractivity contribution in [3.8, 4) is 0 Å². The summed E-state index contributed by atoms with van der Waals surface area (Å²) in [6.45, 7) is 8.67. The summed E-state index contributed by atoms with van der Waals surface area (Å²) in [5.41, 5.74) is 3.85. The zero-order chi connectivity index (χ0) is 18.5. The van der Waals surface area contributed by atoms with Crippen LogP contribution >= 0.6 is 0 Å². The summed E-state index contributed by atoms with van der Waals surface area (Å²) in [4.78, 5) is 28.8. The number of carbonyl (C=O) groups is 2. The quantitative estimate of drug-likeness (QED) is 0.885. The number of nitrogens with one attached hydrogen (secondary N) is 1. The molecule has 2 saturated heterocycles. The van der Waals surface area contributed by atoms with Crippen LogP contribution in [0.15, 0.2) is 18.2 Å². The molecule has 1 aromatic rings. The van der Waals surface area contributed by atoms with Crippen molar-refractivity contribution < 1.29 is 14.3 Å². The Bertz CT molecular complexity index is 648. The lowest BCUT2D eigenvalue weighted by Gasteiger charge is -2.37. The topological polar surface area (TPSA) is 61.9 Å². The third-order valence-electron chi connectivity index (χ3n) is 5.56. The van der Waals surface area contributed by atoms with Gasteiger partial charge >= 0.3 is 0 Å². The predicted octanol–water partition coefficient (Wildman–Crippen LogP) is 1.49. The summed E-state index contributed by atoms with van der Waals surface area (Å²) in [6.07, 6.45) is 1.49. The second-order valence-electron chi connectivity index (χ2n) is 7.19. The Kier molecular flexibility index (Phi) is 6.14. The zero-order valence-corrected chi connectivity index (χ0v) is 15.8. The number of ether oxygens (including phenoxy) is 1. The highest BCUT2D eigenvalue weighted by atomic mass is 16.5. The zero-order valence-electron chi connectivity index (χ0n) is 15.8. The van der Waals surface area contributed by atoms with Crippen molar-refractivity contribution in [2.75, 3.05) is 50.8 Å². The van der Waals surface area contributed by atoms with E-state index in [2.05, 4.69) is 42.3 Å². The lowest BCUT2D eigenvalue weighted by molar-refractivity contribution is -0.135. The number of amides is 2. The fourth-order valence-corrected chi connectivity index (χ4v) is 3.65. The van der Waals surface area contributed by atoms with Crippen LogP contribution < -0.4 is 10.2 Å². The van der Waals surface area contributed by atoms with Gasteiger partial charge in [-0.15, -0.1) is 0 Å². The molecule has 142 valence electrons. The molecule has 0 saturated carbocycles. The highest BCUT2D eigenvalue weighted by Crippen LogP contribution is 2.23. The molecule has 0 unspecified atom stereocenters. The molecular formula is C20H29N3O3. The maximum Gasteiger partial charge on any atom is 0.242 e. The third kappa shape index (κ3) is 4.36. The molecule has 0 bridgehead atoms. The molecule has 6 heteroatoms. The van der Waals surface area contributed by atoms with Gasteiger partial charge in [0.25, 0.3) is 0 Å². The molecule has 6 nitrogen and oxygen atoms in total. The standard InChI is InChI=1S/C20H29N3O3/c1-15-4-3-5-18(16(15)2)22-8-10-23(11-9-22)19(24)14-21-20(25)17-6-12-26-13-7-17/h3-5,17H,6-14H2,1-2H3,(H,21,25). The average Bonchev–Trinajstić information content (AvgIpc) is 2.69. The summed E-state index contributed by atoms with van der Waals surface area (Å²) in [6, 6.07) is 6.36. The number of anilines is 1. The van der Waals surface area contributed by atoms with Crippen molar-refractivity contribution in [2.24, 2.45) is 5.92 Å². The van der Waals surface area contributed by atoms with Crippen molar-refractivity contribution in [3.05, 3.63) is 29.3 Å². The first-order valence-electron chi connectivity index (χ1n) is 9.50. The smallest absolute Gasteiger partial charge is 0.242 e. The summed E-state index contributed by atoms with van der Waals surface area (Å²) in [7, 11) is 0. The molecule has 0 aromatic heterocycles. The van der Waals surface area contributed by atoms with E-state index in [9.17, 15) is 9.59 Å². The van der Waals surface area contributed by atoms with Gasteiger partial charge in [0, 0.05) is 51.0 Å². The van der Waals surface area contributed by atoms with Gasteiger partial charge in [0.1, 0.15) is 0 Å². The Hall–Kier alpha value is -2.08. The first-order valence-corrected chi connectivity index (χ1v) is 9.50. The lowest BCUT2D eigenvalue weighted by atomic mass is 9.99. The summed E-state index contributed by atoms with van der Waals surface area (Å²) >= 11 is 0. The average molecular weight is 359 g/mol. The summed E-state index contributed by atoms with van der Waals surface area (Å²) in [5.74, 6) is -0.0283. The number of hydrogen-bond acceptors (Lipinski definition) is 4. The van der Waals surface area contributed by atoms with Crippen LogP contribution in [-0.2, 0) is 14.3 Å². The molecule has 26 heavy (non-hydrogen) atoms. The van der Waals surface area contributed by atoms with Gasteiger partial charge in [0.2, 0.25) is 11.8 Å². The molecule has 2 aliphatic rings. The van der Waals surface area contributed by atoms with Crippen LogP contribution in [0.1, 0.15) is 24.0 Å². The molecule has 2 aliphatic heterocycles. The van der Waals surface area contributed by atoms with Crippen molar-refractivity contribution in [2.45, 2.75) is 26.7 Å². The fourth-order valence-electron chi connectivity index (χ4n) is 3.65. The van der Waals surface area contributed by atoms with Crippen molar-refractivity contribution in [1.82, 2.24) is 10.2 Å². The van der Waals surface area contributed by atoms with E-state index in [1.807, 2.05) is 4.90 Å². The molecular weight excluding hydrogens is 330 g/mol. The molecule has 1 aromatic carbocycles. The molecule has 1 N–H and O–H groups in total. The number of aryl methyl sites for hydroxylation is 1. The first kappa shape index (κ1) is 18.7. The van der Waals surface area contributed by atoms with Crippen LogP contribution in [0.5, 0.6) is 0 Å². The number of hydrogen-bond donors (Lipinski definition) is 1. The van der Waals surface area contributed by atoms with Gasteiger partial charge in [-0.2, -0.15) is 0 Å². The van der Waals surface area contributed by atoms with E-state index in [1.54, 1.807) is 0 Å². The highest BCUT2D eigenvalue weighted by molar-refractivity contribution is 5.86. The van der Waals surface area contributed by atoms with E-state index >= 15 is 0 Å². The number of carbonyl (C=O) groups excluding carboxylic acids is 2. The van der Waals surface area contributed by atoms with Crippen LogP contribution in [-0.4, -0.2) is 62.7 Å². The predicted molar refractivity (Wildman–Crippen MR) is 101 cm³/mol. The first-order chi connectivity index (χ1) is 12.6. The summed E-state index contributed by atoms with van der Waals surface area (Å²) in [5, 5.41) is 2.81. The van der Waals surface area contributed by atoms with Gasteiger partial charge in [0.05, 0.1) is 6.54 Å². The van der Waals surface area contributed by atoms with E-state index < -0.39 is 0 Å². The van der Waals surface area contributed by atoms with Gasteiger partial charge < -0.3 is 19.9 Å². The van der Waals surface area contributed by atoms with Crippen molar-refractivity contribution in [1.29, 1.82) is 0 Å². The molecule has 0 atom stereocenters. The largest absolute Gasteiger partial charge is 0.381 e. The monoisotopic (exact) mass is 359 g/mol. The van der Waals surface area contributed by atoms with Crippen LogP contribution in [0.2, 0.25) is 0 Å². The molecule has 2 fully saturated rings. The van der Waals surface area contributed by atoms with E-state index in [4.69, 9.17) is 4.74 Å². The minimum atomic E-state index is -0.0179. The Morgan fingerprint density at radius 1 is 1.12 bits per heavy atom. The van der Waals surface area contributed by atoms with E-state index in [-0.39, 0.29) is 24.3 Å². The van der Waals surface area contributed by atoms with Gasteiger partial charge in [-0.25, -0.2) is 0 Å². The number of piperazine rings is 1. The molecule has 0 aliphatic carbocycles. The molecule has 0 radical (unpaired) electrons. The van der Waals surface area contributed by atoms with E-state index in [0.717, 1.165) is 25.9 Å². The number of rotatable bonds is 4. The van der Waals surface area contributed by atoms with Crippen LogP contribution in [0.3, 0.4) is 0 Å². The lowest BCUT2D eigenvalue weighted by Crippen LogP contribution is -2.51.